The van der Waals surface area contributed by atoms with Crippen LogP contribution in [0.2, 0.25) is 5.02 Å². The summed E-state index contributed by atoms with van der Waals surface area (Å²) in [5.41, 5.74) is 2.83. The lowest BCUT2D eigenvalue weighted by molar-refractivity contribution is -0.384. The van der Waals surface area contributed by atoms with Crippen LogP contribution in [-0.2, 0) is 0 Å². The van der Waals surface area contributed by atoms with Gasteiger partial charge in [-0.1, -0.05) is 17.7 Å². The quantitative estimate of drug-likeness (QED) is 0.375. The predicted octanol–water partition coefficient (Wildman–Crippen LogP) is 5.01. The zero-order valence-corrected chi connectivity index (χ0v) is 15.8. The molecule has 0 spiro atoms. The number of benzene rings is 2. The van der Waals surface area contributed by atoms with Crippen LogP contribution in [0, 0.1) is 17.0 Å². The number of nitro benzene ring substituents is 1. The highest BCUT2D eigenvalue weighted by atomic mass is 35.5. The first kappa shape index (κ1) is 18.6. The second-order valence-electron chi connectivity index (χ2n) is 6.25. The number of nitro groups is 1. The molecular weight excluding hydrogens is 396 g/mol. The van der Waals surface area contributed by atoms with Crippen molar-refractivity contribution in [1.29, 1.82) is 0 Å². The molecule has 0 radical (unpaired) electrons. The molecule has 29 heavy (non-hydrogen) atoms. The van der Waals surface area contributed by atoms with Crippen LogP contribution in [0.15, 0.2) is 59.1 Å². The fraction of sp³-hybridized carbons (Fsp3) is 0.0500. The van der Waals surface area contributed by atoms with Gasteiger partial charge in [-0.25, -0.2) is 4.98 Å². The fourth-order valence-electron chi connectivity index (χ4n) is 2.77. The maximum Gasteiger partial charge on any atom is 0.288 e. The number of halogens is 1. The van der Waals surface area contributed by atoms with Crippen LogP contribution >= 0.6 is 11.6 Å². The molecule has 8 nitrogen and oxygen atoms in total. The Bertz CT molecular complexity index is 1240. The number of oxazole rings is 1. The third kappa shape index (κ3) is 3.65. The Morgan fingerprint density at radius 1 is 1.21 bits per heavy atom. The molecule has 0 saturated heterocycles. The number of hydrogen-bond donors (Lipinski definition) is 1. The van der Waals surface area contributed by atoms with Crippen LogP contribution in [0.5, 0.6) is 0 Å². The van der Waals surface area contributed by atoms with Crippen molar-refractivity contribution in [3.63, 3.8) is 0 Å². The minimum atomic E-state index is -0.633. The SMILES string of the molecule is Cc1ccc(-c2nc3ncccc3o2)cc1NC(=O)c1ccc(Cl)c([N+](=O)[O-])c1. The average molecular weight is 409 g/mol. The maximum atomic E-state index is 12.6. The van der Waals surface area contributed by atoms with Gasteiger partial charge >= 0.3 is 0 Å². The molecule has 144 valence electrons. The van der Waals surface area contributed by atoms with Gasteiger partial charge in [0.1, 0.15) is 5.02 Å². The first-order chi connectivity index (χ1) is 13.9. The normalized spacial score (nSPS) is 10.8. The first-order valence-electron chi connectivity index (χ1n) is 8.50. The summed E-state index contributed by atoms with van der Waals surface area (Å²) in [5, 5.41) is 13.8. The number of rotatable bonds is 4. The van der Waals surface area contributed by atoms with Crippen molar-refractivity contribution in [1.82, 2.24) is 9.97 Å². The molecule has 4 aromatic rings. The van der Waals surface area contributed by atoms with Crippen molar-refractivity contribution in [3.05, 3.63) is 81.0 Å². The Labute approximate surface area is 169 Å². The van der Waals surface area contributed by atoms with E-state index in [0.717, 1.165) is 11.6 Å². The largest absolute Gasteiger partial charge is 0.434 e. The van der Waals surface area contributed by atoms with Crippen molar-refractivity contribution in [2.24, 2.45) is 0 Å². The number of aryl methyl sites for hydroxylation is 1. The lowest BCUT2D eigenvalue weighted by Crippen LogP contribution is -2.13. The van der Waals surface area contributed by atoms with E-state index in [1.165, 1.54) is 12.1 Å². The molecule has 2 aromatic heterocycles. The molecule has 1 amide bonds. The molecule has 0 bridgehead atoms. The molecule has 9 heteroatoms. The van der Waals surface area contributed by atoms with Gasteiger partial charge in [0.25, 0.3) is 11.6 Å². The Balaban J connectivity index is 1.65. The third-order valence-corrected chi connectivity index (χ3v) is 4.62. The molecule has 0 saturated carbocycles. The van der Waals surface area contributed by atoms with Gasteiger partial charge in [-0.05, 0) is 48.9 Å². The van der Waals surface area contributed by atoms with Gasteiger partial charge in [0.2, 0.25) is 5.89 Å². The number of anilines is 1. The zero-order chi connectivity index (χ0) is 20.5. The molecule has 0 aliphatic carbocycles. The lowest BCUT2D eigenvalue weighted by Gasteiger charge is -2.10. The molecule has 0 fully saturated rings. The van der Waals surface area contributed by atoms with Gasteiger partial charge in [-0.3, -0.25) is 14.9 Å². The number of nitrogens with zero attached hydrogens (tertiary/aromatic N) is 3. The highest BCUT2D eigenvalue weighted by molar-refractivity contribution is 6.32. The summed E-state index contributed by atoms with van der Waals surface area (Å²) in [6.45, 7) is 1.83. The van der Waals surface area contributed by atoms with E-state index < -0.39 is 10.8 Å². The summed E-state index contributed by atoms with van der Waals surface area (Å²) in [5.74, 6) is -0.124. The van der Waals surface area contributed by atoms with Crippen molar-refractivity contribution in [3.8, 4) is 11.5 Å². The average Bonchev–Trinajstić information content (AvgIpc) is 3.14. The summed E-state index contributed by atoms with van der Waals surface area (Å²) in [6, 6.07) is 12.8. The smallest absolute Gasteiger partial charge is 0.288 e. The Hall–Kier alpha value is -3.78. The van der Waals surface area contributed by atoms with E-state index in [0.29, 0.717) is 28.4 Å². The predicted molar refractivity (Wildman–Crippen MR) is 108 cm³/mol. The number of aromatic nitrogens is 2. The van der Waals surface area contributed by atoms with Gasteiger partial charge in [-0.15, -0.1) is 0 Å². The third-order valence-electron chi connectivity index (χ3n) is 4.30. The number of hydrogen-bond acceptors (Lipinski definition) is 6. The second kappa shape index (κ2) is 7.33. The molecule has 0 atom stereocenters. The van der Waals surface area contributed by atoms with Crippen LogP contribution in [0.3, 0.4) is 0 Å². The Morgan fingerprint density at radius 3 is 2.79 bits per heavy atom. The van der Waals surface area contributed by atoms with Gasteiger partial charge in [0, 0.05) is 29.1 Å². The highest BCUT2D eigenvalue weighted by Crippen LogP contribution is 2.29. The molecule has 0 aliphatic heterocycles. The maximum absolute atomic E-state index is 12.6. The van der Waals surface area contributed by atoms with E-state index in [9.17, 15) is 14.9 Å². The Kier molecular flexibility index (Phi) is 4.69. The molecule has 1 N–H and O–H groups in total. The van der Waals surface area contributed by atoms with E-state index >= 15 is 0 Å². The van der Waals surface area contributed by atoms with Crippen LogP contribution in [0.1, 0.15) is 15.9 Å². The van der Waals surface area contributed by atoms with Crippen LogP contribution in [0.25, 0.3) is 22.7 Å². The van der Waals surface area contributed by atoms with E-state index in [4.69, 9.17) is 16.0 Å². The minimum absolute atomic E-state index is 0.0331. The van der Waals surface area contributed by atoms with E-state index in [-0.39, 0.29) is 16.3 Å². The van der Waals surface area contributed by atoms with Gasteiger partial charge in [-0.2, -0.15) is 4.98 Å². The number of carbonyl (C=O) groups excluding carboxylic acids is 1. The zero-order valence-electron chi connectivity index (χ0n) is 15.0. The van der Waals surface area contributed by atoms with Crippen molar-refractivity contribution in [2.75, 3.05) is 5.32 Å². The molecule has 4 rings (SSSR count). The van der Waals surface area contributed by atoms with E-state index in [2.05, 4.69) is 15.3 Å². The number of fused-ring (bicyclic) bond motifs is 1. The van der Waals surface area contributed by atoms with Crippen molar-refractivity contribution < 1.29 is 14.1 Å². The molecular formula is C20H13ClN4O4. The lowest BCUT2D eigenvalue weighted by atomic mass is 10.1. The summed E-state index contributed by atoms with van der Waals surface area (Å²) in [7, 11) is 0. The van der Waals surface area contributed by atoms with Crippen molar-refractivity contribution >= 4 is 40.1 Å². The Morgan fingerprint density at radius 2 is 2.03 bits per heavy atom. The first-order valence-corrected chi connectivity index (χ1v) is 8.88. The number of amides is 1. The van der Waals surface area contributed by atoms with Gasteiger partial charge < -0.3 is 9.73 Å². The molecule has 0 aliphatic rings. The molecule has 2 heterocycles. The van der Waals surface area contributed by atoms with E-state index in [1.54, 1.807) is 24.4 Å². The number of pyridine rings is 1. The number of nitrogens with one attached hydrogen (secondary N) is 1. The van der Waals surface area contributed by atoms with Gasteiger partial charge in [0.15, 0.2) is 11.2 Å². The fourth-order valence-corrected chi connectivity index (χ4v) is 2.96. The number of carbonyl (C=O) groups is 1. The standard InChI is InChI=1S/C20H13ClN4O4/c1-11-4-5-13(20-24-18-17(29-20)3-2-8-22-18)9-15(11)23-19(26)12-6-7-14(21)16(10-12)25(27)28/h2-10H,1H3,(H,23,26). The van der Waals surface area contributed by atoms with Crippen molar-refractivity contribution in [2.45, 2.75) is 6.92 Å². The summed E-state index contributed by atoms with van der Waals surface area (Å²) >= 11 is 5.81. The summed E-state index contributed by atoms with van der Waals surface area (Å²) in [4.78, 5) is 31.5. The second-order valence-corrected chi connectivity index (χ2v) is 6.66. The topological polar surface area (TPSA) is 111 Å². The van der Waals surface area contributed by atoms with Crippen LogP contribution in [-0.4, -0.2) is 20.8 Å². The van der Waals surface area contributed by atoms with E-state index in [1.807, 2.05) is 19.1 Å². The monoisotopic (exact) mass is 408 g/mol. The minimum Gasteiger partial charge on any atom is -0.434 e. The van der Waals surface area contributed by atoms with Gasteiger partial charge in [0.05, 0.1) is 4.92 Å². The highest BCUT2D eigenvalue weighted by Gasteiger charge is 2.17. The summed E-state index contributed by atoms with van der Waals surface area (Å²) in [6.07, 6.45) is 1.63. The van der Waals surface area contributed by atoms with Crippen LogP contribution in [0.4, 0.5) is 11.4 Å². The van der Waals surface area contributed by atoms with Crippen LogP contribution < -0.4 is 5.32 Å². The molecule has 2 aromatic carbocycles. The summed E-state index contributed by atoms with van der Waals surface area (Å²) < 4.78 is 5.72. The molecule has 0 unspecified atom stereocenters.